The Morgan fingerprint density at radius 2 is 1.83 bits per heavy atom. The average Bonchev–Trinajstić information content (AvgIpc) is 2.86. The predicted molar refractivity (Wildman–Crippen MR) is 81.4 cm³/mol. The second-order valence-corrected chi connectivity index (χ2v) is 7.21. The molecule has 0 saturated carbocycles. The highest BCUT2D eigenvalue weighted by molar-refractivity contribution is 7.91. The van der Waals surface area contributed by atoms with Crippen LogP contribution in [0.2, 0.25) is 0 Å². The minimum absolute atomic E-state index is 0.192. The van der Waals surface area contributed by atoms with Crippen LogP contribution in [0.4, 0.5) is 8.78 Å². The van der Waals surface area contributed by atoms with Gasteiger partial charge in [0, 0.05) is 18.2 Å². The first-order valence-corrected chi connectivity index (χ1v) is 8.48. The van der Waals surface area contributed by atoms with E-state index in [2.05, 4.69) is 5.16 Å². The molecule has 2 aromatic rings. The standard InChI is InChI=1S/C15H16F2N2O4S/c1-9-13(10(2)23-18-9)8-19(3)14(20)11-4-6-12(7-5-11)24(21,22)15(16)17/h4-7,15H,8H2,1-3H3. The molecule has 0 aliphatic carbocycles. The molecule has 9 heteroatoms. The van der Waals surface area contributed by atoms with Gasteiger partial charge in [-0.15, -0.1) is 0 Å². The van der Waals surface area contributed by atoms with Gasteiger partial charge in [0.15, 0.2) is 0 Å². The number of carbonyl (C=O) groups excluding carboxylic acids is 1. The van der Waals surface area contributed by atoms with Crippen LogP contribution in [-0.2, 0) is 16.4 Å². The van der Waals surface area contributed by atoms with Crippen molar-refractivity contribution in [2.45, 2.75) is 31.0 Å². The van der Waals surface area contributed by atoms with Crippen LogP contribution in [0.25, 0.3) is 0 Å². The fourth-order valence-corrected chi connectivity index (χ4v) is 2.87. The number of carbonyl (C=O) groups is 1. The van der Waals surface area contributed by atoms with E-state index in [0.717, 1.165) is 17.7 Å². The van der Waals surface area contributed by atoms with E-state index in [1.807, 2.05) is 0 Å². The van der Waals surface area contributed by atoms with Crippen LogP contribution in [0.5, 0.6) is 0 Å². The summed E-state index contributed by atoms with van der Waals surface area (Å²) in [5, 5.41) is 3.81. The Kier molecular flexibility index (Phi) is 5.02. The number of sulfone groups is 1. The number of halogens is 2. The smallest absolute Gasteiger partial charge is 0.341 e. The second kappa shape index (κ2) is 6.68. The fourth-order valence-electron chi connectivity index (χ4n) is 2.15. The van der Waals surface area contributed by atoms with E-state index in [-0.39, 0.29) is 18.0 Å². The fraction of sp³-hybridized carbons (Fsp3) is 0.333. The van der Waals surface area contributed by atoms with Gasteiger partial charge in [-0.1, -0.05) is 5.16 Å². The molecule has 130 valence electrons. The number of aryl methyl sites for hydroxylation is 2. The third-order valence-electron chi connectivity index (χ3n) is 3.59. The molecular formula is C15H16F2N2O4S. The topological polar surface area (TPSA) is 80.5 Å². The van der Waals surface area contributed by atoms with E-state index >= 15 is 0 Å². The first kappa shape index (κ1) is 18.1. The number of hydrogen-bond acceptors (Lipinski definition) is 5. The molecule has 24 heavy (non-hydrogen) atoms. The lowest BCUT2D eigenvalue weighted by Gasteiger charge is -2.17. The van der Waals surface area contributed by atoms with Gasteiger partial charge in [-0.25, -0.2) is 8.42 Å². The Labute approximate surface area is 138 Å². The van der Waals surface area contributed by atoms with Crippen LogP contribution in [0.15, 0.2) is 33.7 Å². The van der Waals surface area contributed by atoms with Crippen LogP contribution in [0, 0.1) is 13.8 Å². The summed E-state index contributed by atoms with van der Waals surface area (Å²) in [5.74, 6) is -3.28. The zero-order valence-electron chi connectivity index (χ0n) is 13.3. The van der Waals surface area contributed by atoms with Gasteiger partial charge in [0.05, 0.1) is 17.1 Å². The van der Waals surface area contributed by atoms with Crippen molar-refractivity contribution in [2.24, 2.45) is 0 Å². The van der Waals surface area contributed by atoms with Gasteiger partial charge in [-0.2, -0.15) is 8.78 Å². The predicted octanol–water partition coefficient (Wildman–Crippen LogP) is 2.56. The molecule has 1 aromatic heterocycles. The molecule has 0 bridgehead atoms. The van der Waals surface area contributed by atoms with Gasteiger partial charge in [-0.3, -0.25) is 4.79 Å². The van der Waals surface area contributed by atoms with Crippen molar-refractivity contribution < 1.29 is 26.5 Å². The summed E-state index contributed by atoms with van der Waals surface area (Å²) in [4.78, 5) is 13.2. The highest BCUT2D eigenvalue weighted by Gasteiger charge is 2.26. The SMILES string of the molecule is Cc1noc(C)c1CN(C)C(=O)c1ccc(S(=O)(=O)C(F)F)cc1. The van der Waals surface area contributed by atoms with Gasteiger partial charge in [0.1, 0.15) is 5.76 Å². The Hall–Kier alpha value is -2.29. The van der Waals surface area contributed by atoms with E-state index in [4.69, 9.17) is 4.52 Å². The summed E-state index contributed by atoms with van der Waals surface area (Å²) >= 11 is 0. The molecule has 0 aliphatic rings. The maximum absolute atomic E-state index is 12.5. The van der Waals surface area contributed by atoms with Gasteiger partial charge in [-0.05, 0) is 38.1 Å². The summed E-state index contributed by atoms with van der Waals surface area (Å²) in [6, 6.07) is 4.42. The molecule has 0 spiro atoms. The minimum Gasteiger partial charge on any atom is -0.361 e. The lowest BCUT2D eigenvalue weighted by Crippen LogP contribution is -2.26. The highest BCUT2D eigenvalue weighted by Crippen LogP contribution is 2.20. The molecule has 1 aromatic carbocycles. The molecule has 1 amide bonds. The maximum Gasteiger partial charge on any atom is 0.341 e. The normalized spacial score (nSPS) is 11.8. The molecule has 6 nitrogen and oxygen atoms in total. The van der Waals surface area contributed by atoms with Crippen molar-refractivity contribution >= 4 is 15.7 Å². The van der Waals surface area contributed by atoms with E-state index < -0.39 is 20.5 Å². The Balaban J connectivity index is 2.18. The molecule has 0 fully saturated rings. The molecule has 0 saturated heterocycles. The Morgan fingerprint density at radius 1 is 1.25 bits per heavy atom. The van der Waals surface area contributed by atoms with Gasteiger partial charge in [0.25, 0.3) is 5.91 Å². The summed E-state index contributed by atoms with van der Waals surface area (Å²) in [6.45, 7) is 3.75. The first-order chi connectivity index (χ1) is 11.1. The maximum atomic E-state index is 12.5. The van der Waals surface area contributed by atoms with Crippen molar-refractivity contribution in [3.05, 3.63) is 46.8 Å². The van der Waals surface area contributed by atoms with Crippen LogP contribution in [-0.4, -0.2) is 37.2 Å². The van der Waals surface area contributed by atoms with Crippen LogP contribution in [0.1, 0.15) is 27.4 Å². The van der Waals surface area contributed by atoms with Crippen molar-refractivity contribution in [3.63, 3.8) is 0 Å². The number of amides is 1. The molecule has 0 unspecified atom stereocenters. The molecule has 0 radical (unpaired) electrons. The number of nitrogens with zero attached hydrogens (tertiary/aromatic N) is 2. The Bertz CT molecular complexity index is 825. The van der Waals surface area contributed by atoms with E-state index in [1.165, 1.54) is 17.0 Å². The highest BCUT2D eigenvalue weighted by atomic mass is 32.2. The van der Waals surface area contributed by atoms with Crippen molar-refractivity contribution in [1.29, 1.82) is 0 Å². The van der Waals surface area contributed by atoms with Crippen LogP contribution in [0.3, 0.4) is 0 Å². The summed E-state index contributed by atoms with van der Waals surface area (Å²) in [6.07, 6.45) is 0. The largest absolute Gasteiger partial charge is 0.361 e. The number of aromatic nitrogens is 1. The van der Waals surface area contributed by atoms with Crippen molar-refractivity contribution in [2.75, 3.05) is 7.05 Å². The minimum atomic E-state index is -4.67. The van der Waals surface area contributed by atoms with Gasteiger partial charge < -0.3 is 9.42 Å². The average molecular weight is 358 g/mol. The van der Waals surface area contributed by atoms with Crippen LogP contribution >= 0.6 is 0 Å². The van der Waals surface area contributed by atoms with E-state index in [1.54, 1.807) is 20.9 Å². The molecule has 0 aliphatic heterocycles. The number of benzene rings is 1. The van der Waals surface area contributed by atoms with Crippen LogP contribution < -0.4 is 0 Å². The zero-order valence-corrected chi connectivity index (χ0v) is 14.1. The number of rotatable bonds is 5. The summed E-state index contributed by atoms with van der Waals surface area (Å²) in [7, 11) is -3.10. The number of hydrogen-bond donors (Lipinski definition) is 0. The summed E-state index contributed by atoms with van der Waals surface area (Å²) in [5.41, 5.74) is 1.64. The third kappa shape index (κ3) is 3.45. The number of alkyl halides is 2. The first-order valence-electron chi connectivity index (χ1n) is 6.94. The van der Waals surface area contributed by atoms with E-state index in [0.29, 0.717) is 11.5 Å². The lowest BCUT2D eigenvalue weighted by molar-refractivity contribution is 0.0784. The summed E-state index contributed by atoms with van der Waals surface area (Å²) < 4.78 is 52.8. The third-order valence-corrected chi connectivity index (χ3v) is 4.99. The zero-order chi connectivity index (χ0) is 18.1. The Morgan fingerprint density at radius 3 is 2.29 bits per heavy atom. The monoisotopic (exact) mass is 358 g/mol. The second-order valence-electron chi connectivity index (χ2n) is 5.29. The van der Waals surface area contributed by atoms with Gasteiger partial charge in [0.2, 0.25) is 9.84 Å². The molecule has 0 N–H and O–H groups in total. The van der Waals surface area contributed by atoms with Crippen molar-refractivity contribution in [1.82, 2.24) is 10.1 Å². The molecule has 2 rings (SSSR count). The molecule has 0 atom stereocenters. The van der Waals surface area contributed by atoms with Crippen molar-refractivity contribution in [3.8, 4) is 0 Å². The molecular weight excluding hydrogens is 342 g/mol. The van der Waals surface area contributed by atoms with Gasteiger partial charge >= 0.3 is 5.76 Å². The quantitative estimate of drug-likeness (QED) is 0.821. The molecule has 1 heterocycles. The lowest BCUT2D eigenvalue weighted by atomic mass is 10.1. The van der Waals surface area contributed by atoms with E-state index in [9.17, 15) is 22.0 Å².